The molecule has 0 bridgehead atoms. The lowest BCUT2D eigenvalue weighted by Crippen LogP contribution is -2.22. The molecule has 1 aliphatic rings. The molecule has 0 heterocycles. The second-order valence-electron chi connectivity index (χ2n) is 6.43. The van der Waals surface area contributed by atoms with Crippen LogP contribution in [0.1, 0.15) is 43.6 Å². The molecule has 1 amide bonds. The van der Waals surface area contributed by atoms with Crippen LogP contribution in [-0.4, -0.2) is 11.9 Å². The molecule has 1 aromatic rings. The Balaban J connectivity index is 2.04. The summed E-state index contributed by atoms with van der Waals surface area (Å²) in [7, 11) is 0. The summed E-state index contributed by atoms with van der Waals surface area (Å²) in [6, 6.07) is 5.68. The van der Waals surface area contributed by atoms with Crippen molar-refractivity contribution in [2.24, 2.45) is 16.6 Å². The fourth-order valence-corrected chi connectivity index (χ4v) is 3.01. The lowest BCUT2D eigenvalue weighted by Gasteiger charge is -2.09. The van der Waals surface area contributed by atoms with Gasteiger partial charge in [0.05, 0.1) is 0 Å². The zero-order chi connectivity index (χ0) is 14.4. The van der Waals surface area contributed by atoms with Crippen molar-refractivity contribution < 1.29 is 4.79 Å². The van der Waals surface area contributed by atoms with E-state index in [0.717, 1.165) is 5.56 Å². The van der Waals surface area contributed by atoms with Gasteiger partial charge < -0.3 is 11.1 Å². The summed E-state index contributed by atoms with van der Waals surface area (Å²) >= 11 is 6.17. The predicted octanol–water partition coefficient (Wildman–Crippen LogP) is 2.96. The van der Waals surface area contributed by atoms with Gasteiger partial charge in [0.2, 0.25) is 5.91 Å². The van der Waals surface area contributed by atoms with E-state index >= 15 is 0 Å². The van der Waals surface area contributed by atoms with Crippen molar-refractivity contribution in [1.29, 1.82) is 0 Å². The fourth-order valence-electron chi connectivity index (χ4n) is 2.76. The molecule has 0 unspecified atom stereocenters. The van der Waals surface area contributed by atoms with E-state index in [-0.39, 0.29) is 0 Å². The SMILES string of the molecule is CC1(C)C(NCc2ccc(C(N)=O)cc2Cl)C1(C)C. The van der Waals surface area contributed by atoms with Crippen LogP contribution in [0.2, 0.25) is 5.02 Å². The minimum absolute atomic E-state index is 0.298. The van der Waals surface area contributed by atoms with Crippen LogP contribution in [0.25, 0.3) is 0 Å². The molecule has 1 aliphatic carbocycles. The Kier molecular flexibility index (Phi) is 3.40. The van der Waals surface area contributed by atoms with Crippen LogP contribution in [0.4, 0.5) is 0 Å². The average molecular weight is 281 g/mol. The first-order chi connectivity index (χ1) is 8.68. The number of hydrogen-bond acceptors (Lipinski definition) is 2. The van der Waals surface area contributed by atoms with Crippen LogP contribution < -0.4 is 11.1 Å². The number of benzene rings is 1. The molecule has 3 N–H and O–H groups in total. The van der Waals surface area contributed by atoms with E-state index in [1.54, 1.807) is 12.1 Å². The molecule has 0 saturated heterocycles. The van der Waals surface area contributed by atoms with Gasteiger partial charge in [-0.1, -0.05) is 45.4 Å². The molecule has 0 spiro atoms. The smallest absolute Gasteiger partial charge is 0.248 e. The van der Waals surface area contributed by atoms with E-state index in [9.17, 15) is 4.79 Å². The summed E-state index contributed by atoms with van der Waals surface area (Å²) in [5, 5.41) is 4.13. The fraction of sp³-hybridized carbons (Fsp3) is 0.533. The van der Waals surface area contributed by atoms with E-state index in [1.807, 2.05) is 6.07 Å². The highest BCUT2D eigenvalue weighted by molar-refractivity contribution is 6.31. The summed E-state index contributed by atoms with van der Waals surface area (Å²) in [5.41, 5.74) is 7.26. The maximum absolute atomic E-state index is 11.1. The lowest BCUT2D eigenvalue weighted by molar-refractivity contribution is 0.100. The molecule has 2 rings (SSSR count). The normalized spacial score (nSPS) is 20.3. The van der Waals surface area contributed by atoms with E-state index < -0.39 is 5.91 Å². The minimum Gasteiger partial charge on any atom is -0.366 e. The van der Waals surface area contributed by atoms with E-state index in [1.165, 1.54) is 0 Å². The third-order valence-electron chi connectivity index (χ3n) is 4.85. The van der Waals surface area contributed by atoms with Gasteiger partial charge >= 0.3 is 0 Å². The van der Waals surface area contributed by atoms with Gasteiger partial charge in [-0.25, -0.2) is 0 Å². The number of amides is 1. The number of hydrogen-bond donors (Lipinski definition) is 2. The number of carbonyl (C=O) groups excluding carboxylic acids is 1. The van der Waals surface area contributed by atoms with Crippen molar-refractivity contribution >= 4 is 17.5 Å². The van der Waals surface area contributed by atoms with Crippen LogP contribution in [0, 0.1) is 10.8 Å². The Labute approximate surface area is 119 Å². The molecule has 0 aromatic heterocycles. The topological polar surface area (TPSA) is 55.1 Å². The van der Waals surface area contributed by atoms with Gasteiger partial charge in [0.25, 0.3) is 0 Å². The lowest BCUT2D eigenvalue weighted by atomic mass is 10.0. The van der Waals surface area contributed by atoms with Crippen LogP contribution in [0.15, 0.2) is 18.2 Å². The molecular formula is C15H21ClN2O. The number of nitrogens with one attached hydrogen (secondary N) is 1. The molecule has 0 radical (unpaired) electrons. The first-order valence-corrected chi connectivity index (χ1v) is 6.87. The Hall–Kier alpha value is -1.06. The third kappa shape index (κ3) is 2.37. The molecular weight excluding hydrogens is 260 g/mol. The Morgan fingerprint density at radius 3 is 2.32 bits per heavy atom. The highest BCUT2D eigenvalue weighted by atomic mass is 35.5. The van der Waals surface area contributed by atoms with Gasteiger partial charge in [-0.3, -0.25) is 4.79 Å². The van der Waals surface area contributed by atoms with Crippen molar-refractivity contribution in [2.75, 3.05) is 0 Å². The molecule has 1 saturated carbocycles. The molecule has 1 fully saturated rings. The van der Waals surface area contributed by atoms with E-state index in [4.69, 9.17) is 17.3 Å². The monoisotopic (exact) mass is 280 g/mol. The highest BCUT2D eigenvalue weighted by Crippen LogP contribution is 2.62. The van der Waals surface area contributed by atoms with Crippen molar-refractivity contribution in [1.82, 2.24) is 5.32 Å². The second kappa shape index (κ2) is 4.50. The number of halogens is 1. The maximum atomic E-state index is 11.1. The quantitative estimate of drug-likeness (QED) is 0.891. The zero-order valence-electron chi connectivity index (χ0n) is 11.9. The van der Waals surface area contributed by atoms with E-state index in [2.05, 4.69) is 33.0 Å². The largest absolute Gasteiger partial charge is 0.366 e. The van der Waals surface area contributed by atoms with Gasteiger partial charge in [0, 0.05) is 23.2 Å². The molecule has 104 valence electrons. The zero-order valence-corrected chi connectivity index (χ0v) is 12.6. The maximum Gasteiger partial charge on any atom is 0.248 e. The van der Waals surface area contributed by atoms with Crippen molar-refractivity contribution in [3.63, 3.8) is 0 Å². The van der Waals surface area contributed by atoms with Gasteiger partial charge in [0.15, 0.2) is 0 Å². The summed E-state index contributed by atoms with van der Waals surface area (Å²) < 4.78 is 0. The Morgan fingerprint density at radius 2 is 1.89 bits per heavy atom. The van der Waals surface area contributed by atoms with Crippen molar-refractivity contribution in [3.8, 4) is 0 Å². The molecule has 0 atom stereocenters. The van der Waals surface area contributed by atoms with Gasteiger partial charge in [0.1, 0.15) is 0 Å². The average Bonchev–Trinajstić information content (AvgIpc) is 2.68. The highest BCUT2D eigenvalue weighted by Gasteiger charge is 2.64. The van der Waals surface area contributed by atoms with Gasteiger partial charge in [-0.15, -0.1) is 0 Å². The van der Waals surface area contributed by atoms with Crippen LogP contribution >= 0.6 is 11.6 Å². The minimum atomic E-state index is -0.453. The Bertz CT molecular complexity index is 509. The van der Waals surface area contributed by atoms with Crippen LogP contribution in [0.3, 0.4) is 0 Å². The molecule has 4 heteroatoms. The van der Waals surface area contributed by atoms with Crippen molar-refractivity contribution in [3.05, 3.63) is 34.3 Å². The molecule has 3 nitrogen and oxygen atoms in total. The summed E-state index contributed by atoms with van der Waals surface area (Å²) in [6.07, 6.45) is 0. The second-order valence-corrected chi connectivity index (χ2v) is 6.83. The molecule has 19 heavy (non-hydrogen) atoms. The molecule has 0 aliphatic heterocycles. The van der Waals surface area contributed by atoms with Gasteiger partial charge in [-0.2, -0.15) is 0 Å². The van der Waals surface area contributed by atoms with Crippen LogP contribution in [-0.2, 0) is 6.54 Å². The Morgan fingerprint density at radius 1 is 1.32 bits per heavy atom. The summed E-state index contributed by atoms with van der Waals surface area (Å²) in [4.78, 5) is 11.1. The number of rotatable bonds is 4. The van der Waals surface area contributed by atoms with E-state index in [0.29, 0.717) is 34.0 Å². The first-order valence-electron chi connectivity index (χ1n) is 6.49. The molecule has 1 aromatic carbocycles. The van der Waals surface area contributed by atoms with Gasteiger partial charge in [-0.05, 0) is 28.5 Å². The number of nitrogens with two attached hydrogens (primary N) is 1. The van der Waals surface area contributed by atoms with Crippen LogP contribution in [0.5, 0.6) is 0 Å². The summed E-state index contributed by atoms with van der Waals surface area (Å²) in [6.45, 7) is 9.77. The first kappa shape index (κ1) is 14.4. The number of carbonyl (C=O) groups is 1. The standard InChI is InChI=1S/C15H21ClN2O/c1-14(2)13(15(14,3)4)18-8-10-6-5-9(12(17)19)7-11(10)16/h5-7,13,18H,8H2,1-4H3,(H2,17,19). The number of primary amides is 1. The van der Waals surface area contributed by atoms with Crippen molar-refractivity contribution in [2.45, 2.75) is 40.3 Å². The predicted molar refractivity (Wildman–Crippen MR) is 78.2 cm³/mol. The third-order valence-corrected chi connectivity index (χ3v) is 5.21. The summed E-state index contributed by atoms with van der Waals surface area (Å²) in [5.74, 6) is -0.453.